The van der Waals surface area contributed by atoms with E-state index in [-0.39, 0.29) is 0 Å². The van der Waals surface area contributed by atoms with Gasteiger partial charge in [0.15, 0.2) is 0 Å². The van der Waals surface area contributed by atoms with Gasteiger partial charge in [0.05, 0.1) is 13.2 Å². The van der Waals surface area contributed by atoms with Gasteiger partial charge in [-0.3, -0.25) is 0 Å². The van der Waals surface area contributed by atoms with Crippen LogP contribution in [0.1, 0.15) is 42.0 Å². The maximum atomic E-state index is 11.7. The minimum atomic E-state index is -1.23. The van der Waals surface area contributed by atoms with E-state index in [1.807, 2.05) is 79.7 Å². The molecule has 1 aliphatic rings. The smallest absolute Gasteiger partial charge is 0.222 e. The van der Waals surface area contributed by atoms with Crippen molar-refractivity contribution in [1.82, 2.24) is 0 Å². The minimum absolute atomic E-state index is 0.400. The second-order valence-corrected chi connectivity index (χ2v) is 8.99. The number of hydrogen-bond acceptors (Lipinski definition) is 5. The Kier molecular flexibility index (Phi) is 8.58. The number of aldehydes is 1. The third kappa shape index (κ3) is 5.93. The molecule has 35 heavy (non-hydrogen) atoms. The van der Waals surface area contributed by atoms with Crippen molar-refractivity contribution >= 4 is 17.9 Å². The molecule has 4 rings (SSSR count). The Morgan fingerprint density at radius 1 is 1.03 bits per heavy atom. The standard InChI is InChI=1S/C29H31ClO5/c1-3-33-25-12-9-21(10-13-25)17-23-18-24(11-15-27(23)30)29(32-2)28(16-14-26(19-31)35-29)34-20-22-7-5-4-6-8-22/h4-13,15,18-19,26,28H,3,14,16-17,20H2,1-2H3/t26-,28+,29-/m0/s1. The molecule has 6 heteroatoms. The quantitative estimate of drug-likeness (QED) is 0.319. The van der Waals surface area contributed by atoms with Gasteiger partial charge in [-0.05, 0) is 67.1 Å². The zero-order chi connectivity index (χ0) is 24.7. The molecule has 0 N–H and O–H groups in total. The minimum Gasteiger partial charge on any atom is -0.494 e. The number of carbonyl (C=O) groups excluding carboxylic acids is 1. The molecule has 184 valence electrons. The van der Waals surface area contributed by atoms with Gasteiger partial charge in [0.25, 0.3) is 0 Å². The number of rotatable bonds is 10. The lowest BCUT2D eigenvalue weighted by Gasteiger charge is -2.44. The number of methoxy groups -OCH3 is 1. The number of benzene rings is 3. The van der Waals surface area contributed by atoms with Crippen LogP contribution in [0.4, 0.5) is 0 Å². The van der Waals surface area contributed by atoms with Gasteiger partial charge in [0.1, 0.15) is 24.2 Å². The second kappa shape index (κ2) is 11.8. The van der Waals surface area contributed by atoms with Crippen molar-refractivity contribution in [2.45, 2.75) is 50.8 Å². The molecule has 1 fully saturated rings. The summed E-state index contributed by atoms with van der Waals surface area (Å²) >= 11 is 6.59. The van der Waals surface area contributed by atoms with Crippen molar-refractivity contribution < 1.29 is 23.7 Å². The summed E-state index contributed by atoms with van der Waals surface area (Å²) in [7, 11) is 1.59. The first-order valence-electron chi connectivity index (χ1n) is 11.9. The summed E-state index contributed by atoms with van der Waals surface area (Å²) in [6.07, 6.45) is 1.69. The average molecular weight is 495 g/mol. The number of carbonyl (C=O) groups is 1. The van der Waals surface area contributed by atoms with Gasteiger partial charge in [-0.15, -0.1) is 0 Å². The Labute approximate surface area is 211 Å². The van der Waals surface area contributed by atoms with Crippen LogP contribution in [-0.2, 0) is 37.8 Å². The first-order valence-corrected chi connectivity index (χ1v) is 12.3. The van der Waals surface area contributed by atoms with Crippen LogP contribution in [-0.4, -0.2) is 32.2 Å². The van der Waals surface area contributed by atoms with E-state index in [0.717, 1.165) is 34.3 Å². The molecule has 0 aromatic heterocycles. The first kappa shape index (κ1) is 25.4. The van der Waals surface area contributed by atoms with Crippen molar-refractivity contribution in [3.8, 4) is 5.75 Å². The van der Waals surface area contributed by atoms with E-state index in [1.165, 1.54) is 0 Å². The molecule has 5 nitrogen and oxygen atoms in total. The molecule has 0 saturated carbocycles. The Morgan fingerprint density at radius 2 is 1.80 bits per heavy atom. The van der Waals surface area contributed by atoms with Crippen molar-refractivity contribution in [2.24, 2.45) is 0 Å². The van der Waals surface area contributed by atoms with Gasteiger partial charge in [0.2, 0.25) is 5.79 Å². The van der Waals surface area contributed by atoms with Crippen LogP contribution >= 0.6 is 11.6 Å². The van der Waals surface area contributed by atoms with Gasteiger partial charge in [-0.1, -0.05) is 60.1 Å². The molecule has 3 aromatic rings. The van der Waals surface area contributed by atoms with Crippen LogP contribution in [0.15, 0.2) is 72.8 Å². The monoisotopic (exact) mass is 494 g/mol. The highest BCUT2D eigenvalue weighted by Crippen LogP contribution is 2.41. The van der Waals surface area contributed by atoms with Crippen LogP contribution in [0.3, 0.4) is 0 Å². The summed E-state index contributed by atoms with van der Waals surface area (Å²) in [5.74, 6) is -0.389. The summed E-state index contributed by atoms with van der Waals surface area (Å²) in [5, 5.41) is 0.651. The summed E-state index contributed by atoms with van der Waals surface area (Å²) in [5.41, 5.74) is 3.87. The highest BCUT2D eigenvalue weighted by Gasteiger charge is 2.48. The van der Waals surface area contributed by atoms with Gasteiger partial charge in [-0.25, -0.2) is 0 Å². The van der Waals surface area contributed by atoms with E-state index in [1.54, 1.807) is 7.11 Å². The molecule has 1 heterocycles. The topological polar surface area (TPSA) is 54.0 Å². The molecule has 0 radical (unpaired) electrons. The maximum absolute atomic E-state index is 11.7. The third-order valence-electron chi connectivity index (χ3n) is 6.29. The average Bonchev–Trinajstić information content (AvgIpc) is 2.90. The molecular formula is C29H31ClO5. The molecule has 0 bridgehead atoms. The zero-order valence-corrected chi connectivity index (χ0v) is 20.9. The van der Waals surface area contributed by atoms with Crippen LogP contribution in [0.5, 0.6) is 5.75 Å². The fourth-order valence-corrected chi connectivity index (χ4v) is 4.68. The molecular weight excluding hydrogens is 464 g/mol. The van der Waals surface area contributed by atoms with E-state index in [2.05, 4.69) is 0 Å². The second-order valence-electron chi connectivity index (χ2n) is 8.59. The molecule has 0 spiro atoms. The summed E-state index contributed by atoms with van der Waals surface area (Å²) in [6, 6.07) is 23.7. The Bertz CT molecular complexity index is 1100. The molecule has 1 aliphatic heterocycles. The number of halogens is 1. The lowest BCUT2D eigenvalue weighted by Crippen LogP contribution is -2.51. The van der Waals surface area contributed by atoms with Gasteiger partial charge >= 0.3 is 0 Å². The molecule has 3 aromatic carbocycles. The highest BCUT2D eigenvalue weighted by atomic mass is 35.5. The fraction of sp³-hybridized carbons (Fsp3) is 0.345. The van der Waals surface area contributed by atoms with Crippen molar-refractivity contribution in [1.29, 1.82) is 0 Å². The largest absolute Gasteiger partial charge is 0.494 e. The van der Waals surface area contributed by atoms with Crippen LogP contribution in [0.2, 0.25) is 5.02 Å². The SMILES string of the molecule is CCOc1ccc(Cc2cc([C@]3(OC)O[C@H](C=O)CC[C@H]3OCc3ccccc3)ccc2Cl)cc1. The van der Waals surface area contributed by atoms with Gasteiger partial charge in [0, 0.05) is 17.7 Å². The molecule has 3 atom stereocenters. The Morgan fingerprint density at radius 3 is 2.49 bits per heavy atom. The number of ether oxygens (including phenoxy) is 4. The molecule has 0 unspecified atom stereocenters. The van der Waals surface area contributed by atoms with Crippen LogP contribution in [0.25, 0.3) is 0 Å². The third-order valence-corrected chi connectivity index (χ3v) is 6.66. The predicted octanol–water partition coefficient (Wildman–Crippen LogP) is 6.09. The van der Waals surface area contributed by atoms with Crippen molar-refractivity contribution in [3.05, 3.63) is 100 Å². The normalized spacial score (nSPS) is 22.0. The van der Waals surface area contributed by atoms with Crippen LogP contribution in [0, 0.1) is 0 Å². The Hall–Kier alpha value is -2.70. The first-order chi connectivity index (χ1) is 17.1. The summed E-state index contributed by atoms with van der Waals surface area (Å²) < 4.78 is 24.2. The Balaban J connectivity index is 1.62. The molecule has 0 aliphatic carbocycles. The van der Waals surface area contributed by atoms with E-state index < -0.39 is 18.0 Å². The van der Waals surface area contributed by atoms with E-state index in [9.17, 15) is 4.79 Å². The van der Waals surface area contributed by atoms with E-state index in [4.69, 9.17) is 30.5 Å². The van der Waals surface area contributed by atoms with Crippen LogP contribution < -0.4 is 4.74 Å². The highest BCUT2D eigenvalue weighted by molar-refractivity contribution is 6.31. The lowest BCUT2D eigenvalue weighted by molar-refractivity contribution is -0.324. The van der Waals surface area contributed by atoms with E-state index >= 15 is 0 Å². The predicted molar refractivity (Wildman–Crippen MR) is 136 cm³/mol. The van der Waals surface area contributed by atoms with Crippen molar-refractivity contribution in [3.63, 3.8) is 0 Å². The van der Waals surface area contributed by atoms with Gasteiger partial charge < -0.3 is 23.7 Å². The summed E-state index contributed by atoms with van der Waals surface area (Å²) in [6.45, 7) is 3.00. The lowest BCUT2D eigenvalue weighted by atomic mass is 9.90. The van der Waals surface area contributed by atoms with E-state index in [0.29, 0.717) is 37.5 Å². The molecule has 0 amide bonds. The summed E-state index contributed by atoms with van der Waals surface area (Å²) in [4.78, 5) is 11.7. The van der Waals surface area contributed by atoms with Gasteiger partial charge in [-0.2, -0.15) is 0 Å². The van der Waals surface area contributed by atoms with Crippen molar-refractivity contribution in [2.75, 3.05) is 13.7 Å². The maximum Gasteiger partial charge on any atom is 0.222 e. The number of hydrogen-bond donors (Lipinski definition) is 0. The molecule has 1 saturated heterocycles. The fourth-order valence-electron chi connectivity index (χ4n) is 4.49. The zero-order valence-electron chi connectivity index (χ0n) is 20.1.